The molecule has 1 aliphatic heterocycles. The number of benzene rings is 3. The summed E-state index contributed by atoms with van der Waals surface area (Å²) < 4.78 is 60.3. The number of halogens is 2. The van der Waals surface area contributed by atoms with E-state index in [2.05, 4.69) is 10.3 Å². The number of sulfonamides is 1. The number of aromatic nitrogens is 1. The monoisotopic (exact) mass is 646 g/mol. The molecule has 46 heavy (non-hydrogen) atoms. The van der Waals surface area contributed by atoms with Gasteiger partial charge in [-0.3, -0.25) is 13.9 Å². The molecule has 0 saturated carbocycles. The van der Waals surface area contributed by atoms with Gasteiger partial charge in [-0.15, -0.1) is 0 Å². The van der Waals surface area contributed by atoms with E-state index in [0.29, 0.717) is 64.8 Å². The summed E-state index contributed by atoms with van der Waals surface area (Å²) in [7, 11) is -0.770. The summed E-state index contributed by atoms with van der Waals surface area (Å²) in [5.74, 6) is -1.51. The molecule has 3 aromatic carbocycles. The number of aromatic amines is 1. The van der Waals surface area contributed by atoms with Crippen LogP contribution in [0.1, 0.15) is 45.0 Å². The van der Waals surface area contributed by atoms with Crippen molar-refractivity contribution >= 4 is 38.5 Å². The lowest BCUT2D eigenvalue weighted by Crippen LogP contribution is -2.39. The van der Waals surface area contributed by atoms with E-state index in [1.807, 2.05) is 0 Å². The molecular formula is C34H32F2N4O5S. The van der Waals surface area contributed by atoms with E-state index in [1.165, 1.54) is 54.8 Å². The number of nitrogens with zero attached hydrogens (tertiary/aromatic N) is 2. The lowest BCUT2D eigenvalue weighted by molar-refractivity contribution is 0.0708. The van der Waals surface area contributed by atoms with Crippen LogP contribution < -0.4 is 9.62 Å². The number of hydrogen-bond donors (Lipinski definition) is 2. The second-order valence-electron chi connectivity index (χ2n) is 11.4. The van der Waals surface area contributed by atoms with Crippen molar-refractivity contribution < 1.29 is 31.2 Å². The molecule has 5 aromatic rings. The summed E-state index contributed by atoms with van der Waals surface area (Å²) in [6.07, 6.45) is 5.74. The number of piperidine rings is 1. The molecule has 0 unspecified atom stereocenters. The first kappa shape index (κ1) is 31.0. The molecule has 0 bridgehead atoms. The van der Waals surface area contributed by atoms with E-state index in [0.717, 1.165) is 6.26 Å². The third-order valence-electron chi connectivity index (χ3n) is 8.51. The van der Waals surface area contributed by atoms with Gasteiger partial charge in [0.15, 0.2) is 0 Å². The molecule has 9 nitrogen and oxygen atoms in total. The molecule has 0 aliphatic carbocycles. The Hall–Kier alpha value is -4.97. The number of nitrogens with one attached hydrogen (secondary N) is 2. The zero-order valence-electron chi connectivity index (χ0n) is 25.4. The van der Waals surface area contributed by atoms with Crippen LogP contribution >= 0.6 is 0 Å². The Morgan fingerprint density at radius 1 is 1.00 bits per heavy atom. The van der Waals surface area contributed by atoms with Crippen LogP contribution in [0.4, 0.5) is 14.5 Å². The van der Waals surface area contributed by atoms with E-state index in [-0.39, 0.29) is 34.5 Å². The van der Waals surface area contributed by atoms with E-state index >= 15 is 0 Å². The van der Waals surface area contributed by atoms with Gasteiger partial charge in [-0.2, -0.15) is 0 Å². The van der Waals surface area contributed by atoms with E-state index in [9.17, 15) is 26.8 Å². The lowest BCUT2D eigenvalue weighted by Gasteiger charge is -2.35. The standard InChI is InChI=1S/C34H32F2N4O5S/c1-37-33(41)31-26-15-25(29(39(2)46(3,43)44)16-30(26)45-32(31)21-8-12-24(36)13-9-21)22-5-4-14-40(19-22)34(42)28-18-38-17-27(28)20-6-10-23(35)11-7-20/h6-13,15-18,22,38H,4-5,14,19H2,1-3H3,(H,37,41)/t22-/m1/s1. The fourth-order valence-corrected chi connectivity index (χ4v) is 6.59. The summed E-state index contributed by atoms with van der Waals surface area (Å²) in [5, 5.41) is 3.11. The fraction of sp³-hybridized carbons (Fsp3) is 0.235. The maximum Gasteiger partial charge on any atom is 0.256 e. The van der Waals surface area contributed by atoms with Crippen LogP contribution in [0.5, 0.6) is 0 Å². The molecule has 238 valence electrons. The molecule has 2 N–H and O–H groups in total. The van der Waals surface area contributed by atoms with Crippen LogP contribution in [-0.4, -0.2) is 63.6 Å². The van der Waals surface area contributed by atoms with E-state index in [1.54, 1.807) is 41.6 Å². The highest BCUT2D eigenvalue weighted by Gasteiger charge is 2.32. The van der Waals surface area contributed by atoms with Crippen LogP contribution in [0.25, 0.3) is 33.4 Å². The van der Waals surface area contributed by atoms with Crippen LogP contribution in [0.15, 0.2) is 77.5 Å². The van der Waals surface area contributed by atoms with Crippen LogP contribution in [0.2, 0.25) is 0 Å². The number of amides is 2. The van der Waals surface area contributed by atoms with Crippen molar-refractivity contribution in [2.24, 2.45) is 0 Å². The Kier molecular flexibility index (Phi) is 8.15. The molecule has 1 atom stereocenters. The molecule has 6 rings (SSSR count). The van der Waals surface area contributed by atoms with E-state index < -0.39 is 21.7 Å². The average molecular weight is 647 g/mol. The first-order valence-electron chi connectivity index (χ1n) is 14.7. The maximum absolute atomic E-state index is 13.9. The third kappa shape index (κ3) is 5.76. The highest BCUT2D eigenvalue weighted by Crippen LogP contribution is 2.42. The predicted molar refractivity (Wildman–Crippen MR) is 172 cm³/mol. The molecule has 2 amide bonds. The number of likely N-dealkylation sites (tertiary alicyclic amines) is 1. The first-order chi connectivity index (χ1) is 22.0. The van der Waals surface area contributed by atoms with Crippen molar-refractivity contribution in [3.8, 4) is 22.5 Å². The molecule has 1 saturated heterocycles. The number of hydrogen-bond acceptors (Lipinski definition) is 5. The van der Waals surface area contributed by atoms with Crippen LogP contribution in [-0.2, 0) is 10.0 Å². The minimum absolute atomic E-state index is 0.211. The summed E-state index contributed by atoms with van der Waals surface area (Å²) >= 11 is 0. The van der Waals surface area contributed by atoms with Gasteiger partial charge in [0.25, 0.3) is 11.8 Å². The second-order valence-corrected chi connectivity index (χ2v) is 13.4. The molecule has 12 heteroatoms. The summed E-state index contributed by atoms with van der Waals surface area (Å²) in [4.78, 5) is 31.8. The molecular weight excluding hydrogens is 614 g/mol. The number of carbonyl (C=O) groups is 2. The lowest BCUT2D eigenvalue weighted by atomic mass is 9.87. The second kappa shape index (κ2) is 12.1. The van der Waals surface area contributed by atoms with Gasteiger partial charge in [-0.1, -0.05) is 12.1 Å². The number of H-pyrrole nitrogens is 1. The van der Waals surface area contributed by atoms with Gasteiger partial charge in [0, 0.05) is 68.1 Å². The maximum atomic E-state index is 13.9. The third-order valence-corrected chi connectivity index (χ3v) is 9.71. The van der Waals surface area contributed by atoms with Gasteiger partial charge < -0.3 is 19.6 Å². The van der Waals surface area contributed by atoms with Crippen molar-refractivity contribution in [2.75, 3.05) is 37.7 Å². The highest BCUT2D eigenvalue weighted by atomic mass is 32.2. The van der Waals surface area contributed by atoms with Crippen molar-refractivity contribution in [3.63, 3.8) is 0 Å². The first-order valence-corrected chi connectivity index (χ1v) is 16.6. The predicted octanol–water partition coefficient (Wildman–Crippen LogP) is 6.15. The van der Waals surface area contributed by atoms with Gasteiger partial charge in [-0.05, 0) is 66.4 Å². The Morgan fingerprint density at radius 3 is 2.28 bits per heavy atom. The Balaban J connectivity index is 1.44. The van der Waals surface area contributed by atoms with Gasteiger partial charge >= 0.3 is 0 Å². The molecule has 2 aromatic heterocycles. The highest BCUT2D eigenvalue weighted by molar-refractivity contribution is 7.92. The molecule has 0 radical (unpaired) electrons. The van der Waals surface area contributed by atoms with Crippen molar-refractivity contribution in [1.29, 1.82) is 0 Å². The van der Waals surface area contributed by atoms with Crippen LogP contribution in [0, 0.1) is 11.6 Å². The quantitative estimate of drug-likeness (QED) is 0.220. The fourth-order valence-electron chi connectivity index (χ4n) is 6.08. The summed E-state index contributed by atoms with van der Waals surface area (Å²) in [5.41, 5.74) is 3.79. The van der Waals surface area contributed by atoms with Crippen molar-refractivity contribution in [1.82, 2.24) is 15.2 Å². The molecule has 0 spiro atoms. The minimum Gasteiger partial charge on any atom is -0.455 e. The normalized spacial score (nSPS) is 15.2. The Morgan fingerprint density at radius 2 is 1.65 bits per heavy atom. The Labute approximate surface area is 264 Å². The van der Waals surface area contributed by atoms with Crippen molar-refractivity contribution in [3.05, 3.63) is 101 Å². The SMILES string of the molecule is CNC(=O)c1c(-c2ccc(F)cc2)oc2cc(N(C)S(C)(=O)=O)c([C@@H]3CCCN(C(=O)c4c[nH]cc4-c4ccc(F)cc4)C3)cc12. The number of rotatable bonds is 7. The van der Waals surface area contributed by atoms with Gasteiger partial charge in [0.1, 0.15) is 23.0 Å². The van der Waals surface area contributed by atoms with Gasteiger partial charge in [-0.25, -0.2) is 17.2 Å². The smallest absolute Gasteiger partial charge is 0.256 e. The zero-order chi connectivity index (χ0) is 32.7. The minimum atomic E-state index is -3.71. The number of fused-ring (bicyclic) bond motifs is 1. The van der Waals surface area contributed by atoms with Crippen molar-refractivity contribution in [2.45, 2.75) is 18.8 Å². The van der Waals surface area contributed by atoms with Gasteiger partial charge in [0.2, 0.25) is 10.0 Å². The number of anilines is 1. The average Bonchev–Trinajstić information content (AvgIpc) is 3.69. The number of furan rings is 1. The zero-order valence-corrected chi connectivity index (χ0v) is 26.3. The molecule has 3 heterocycles. The van der Waals surface area contributed by atoms with Gasteiger partial charge in [0.05, 0.1) is 23.1 Å². The largest absolute Gasteiger partial charge is 0.455 e. The number of carbonyl (C=O) groups excluding carboxylic acids is 2. The van der Waals surface area contributed by atoms with Crippen LogP contribution in [0.3, 0.4) is 0 Å². The molecule has 1 aliphatic rings. The summed E-state index contributed by atoms with van der Waals surface area (Å²) in [6, 6.07) is 14.8. The Bertz CT molecular complexity index is 2050. The summed E-state index contributed by atoms with van der Waals surface area (Å²) in [6.45, 7) is 0.785. The van der Waals surface area contributed by atoms with E-state index in [4.69, 9.17) is 4.42 Å². The molecule has 1 fully saturated rings. The topological polar surface area (TPSA) is 116 Å².